The third-order valence-electron chi connectivity index (χ3n) is 3.42. The van der Waals surface area contributed by atoms with E-state index in [1.54, 1.807) is 18.3 Å². The van der Waals surface area contributed by atoms with E-state index in [-0.39, 0.29) is 5.91 Å². The van der Waals surface area contributed by atoms with E-state index in [4.69, 9.17) is 5.84 Å². The molecule has 92 valence electrons. The molecule has 0 bridgehead atoms. The summed E-state index contributed by atoms with van der Waals surface area (Å²) < 4.78 is 0. The molecule has 5 nitrogen and oxygen atoms in total. The molecule has 2 heterocycles. The van der Waals surface area contributed by atoms with E-state index in [0.717, 1.165) is 13.1 Å². The standard InChI is InChI=1S/C12H18N4O/c1-8-6-16(7-9(8)2)12(17)11-5-10(15-13)3-4-14-11/h3-5,8-9H,6-7,13H2,1-2H3,(H,14,15). The van der Waals surface area contributed by atoms with Crippen LogP contribution in [0.1, 0.15) is 24.3 Å². The lowest BCUT2D eigenvalue weighted by Crippen LogP contribution is -2.29. The Labute approximate surface area is 101 Å². The van der Waals surface area contributed by atoms with E-state index in [1.807, 2.05) is 4.90 Å². The van der Waals surface area contributed by atoms with Crippen molar-refractivity contribution in [3.05, 3.63) is 24.0 Å². The van der Waals surface area contributed by atoms with Gasteiger partial charge in [-0.25, -0.2) is 0 Å². The molecule has 1 aliphatic rings. The van der Waals surface area contributed by atoms with E-state index in [1.165, 1.54) is 0 Å². The number of nitrogens with two attached hydrogens (primary N) is 1. The summed E-state index contributed by atoms with van der Waals surface area (Å²) in [7, 11) is 0. The molecule has 2 atom stereocenters. The molecule has 0 spiro atoms. The first kappa shape index (κ1) is 11.9. The topological polar surface area (TPSA) is 71.2 Å². The van der Waals surface area contributed by atoms with Gasteiger partial charge in [0.2, 0.25) is 0 Å². The Morgan fingerprint density at radius 3 is 2.71 bits per heavy atom. The summed E-state index contributed by atoms with van der Waals surface area (Å²) in [5.74, 6) is 6.40. The number of hydrazine groups is 1. The van der Waals surface area contributed by atoms with Crippen molar-refractivity contribution in [3.8, 4) is 0 Å². The lowest BCUT2D eigenvalue weighted by atomic mass is 10.0. The molecule has 1 aliphatic heterocycles. The molecule has 1 saturated heterocycles. The van der Waals surface area contributed by atoms with Crippen LogP contribution >= 0.6 is 0 Å². The van der Waals surface area contributed by atoms with Gasteiger partial charge in [-0.15, -0.1) is 0 Å². The maximum absolute atomic E-state index is 12.2. The Morgan fingerprint density at radius 2 is 2.12 bits per heavy atom. The molecule has 1 aromatic rings. The van der Waals surface area contributed by atoms with Gasteiger partial charge in [0.1, 0.15) is 5.69 Å². The first-order valence-electron chi connectivity index (χ1n) is 5.83. The van der Waals surface area contributed by atoms with Crippen LogP contribution in [-0.2, 0) is 0 Å². The van der Waals surface area contributed by atoms with Gasteiger partial charge in [-0.1, -0.05) is 13.8 Å². The van der Waals surface area contributed by atoms with Gasteiger partial charge in [0.05, 0.1) is 5.69 Å². The Morgan fingerprint density at radius 1 is 1.47 bits per heavy atom. The monoisotopic (exact) mass is 234 g/mol. The van der Waals surface area contributed by atoms with Gasteiger partial charge in [-0.05, 0) is 24.0 Å². The Balaban J connectivity index is 2.14. The normalized spacial score (nSPS) is 23.8. The number of nitrogens with zero attached hydrogens (tertiary/aromatic N) is 2. The predicted octanol–water partition coefficient (Wildman–Crippen LogP) is 1.10. The molecule has 17 heavy (non-hydrogen) atoms. The number of nitrogen functional groups attached to an aromatic ring is 1. The first-order valence-corrected chi connectivity index (χ1v) is 5.83. The number of amides is 1. The number of hydrogen-bond donors (Lipinski definition) is 2. The van der Waals surface area contributed by atoms with Crippen molar-refractivity contribution in [3.63, 3.8) is 0 Å². The zero-order chi connectivity index (χ0) is 12.4. The Bertz CT molecular complexity index is 411. The number of rotatable bonds is 2. The number of pyridine rings is 1. The molecule has 2 unspecified atom stereocenters. The van der Waals surface area contributed by atoms with Gasteiger partial charge in [0.15, 0.2) is 0 Å². The number of carbonyl (C=O) groups is 1. The summed E-state index contributed by atoms with van der Waals surface area (Å²) in [6.45, 7) is 5.95. The van der Waals surface area contributed by atoms with Gasteiger partial charge in [-0.2, -0.15) is 0 Å². The number of nitrogens with one attached hydrogen (secondary N) is 1. The minimum absolute atomic E-state index is 0.0155. The number of likely N-dealkylation sites (tertiary alicyclic amines) is 1. The predicted molar refractivity (Wildman–Crippen MR) is 66.3 cm³/mol. The van der Waals surface area contributed by atoms with Crippen LogP contribution in [0.2, 0.25) is 0 Å². The molecule has 0 saturated carbocycles. The molecule has 5 heteroatoms. The smallest absolute Gasteiger partial charge is 0.272 e. The van der Waals surface area contributed by atoms with Crippen molar-refractivity contribution in [1.82, 2.24) is 9.88 Å². The van der Waals surface area contributed by atoms with Gasteiger partial charge in [0.25, 0.3) is 5.91 Å². The Kier molecular flexibility index (Phi) is 3.28. The first-order chi connectivity index (χ1) is 8.11. The number of carbonyl (C=O) groups excluding carboxylic acids is 1. The van der Waals surface area contributed by atoms with Gasteiger partial charge < -0.3 is 10.3 Å². The summed E-state index contributed by atoms with van der Waals surface area (Å²) >= 11 is 0. The average molecular weight is 234 g/mol. The van der Waals surface area contributed by atoms with Crippen molar-refractivity contribution in [2.75, 3.05) is 18.5 Å². The molecule has 0 radical (unpaired) electrons. The highest BCUT2D eigenvalue weighted by Gasteiger charge is 2.30. The van der Waals surface area contributed by atoms with E-state index in [9.17, 15) is 4.79 Å². The second-order valence-corrected chi connectivity index (χ2v) is 4.74. The van der Waals surface area contributed by atoms with Crippen molar-refractivity contribution in [2.45, 2.75) is 13.8 Å². The zero-order valence-electron chi connectivity index (χ0n) is 10.2. The minimum atomic E-state index is -0.0155. The maximum Gasteiger partial charge on any atom is 0.272 e. The van der Waals surface area contributed by atoms with E-state index in [0.29, 0.717) is 23.2 Å². The average Bonchev–Trinajstić information content (AvgIpc) is 2.69. The van der Waals surface area contributed by atoms with Crippen LogP contribution in [0.4, 0.5) is 5.69 Å². The molecule has 0 aliphatic carbocycles. The highest BCUT2D eigenvalue weighted by molar-refractivity contribution is 5.93. The van der Waals surface area contributed by atoms with Crippen LogP contribution in [0.3, 0.4) is 0 Å². The molecule has 0 aromatic carbocycles. The second kappa shape index (κ2) is 4.71. The summed E-state index contributed by atoms with van der Waals surface area (Å²) in [6, 6.07) is 3.40. The van der Waals surface area contributed by atoms with Crippen LogP contribution < -0.4 is 11.3 Å². The van der Waals surface area contributed by atoms with E-state index in [2.05, 4.69) is 24.3 Å². The number of aromatic nitrogens is 1. The molecule has 1 aromatic heterocycles. The van der Waals surface area contributed by atoms with Crippen LogP contribution in [0.15, 0.2) is 18.3 Å². The van der Waals surface area contributed by atoms with Crippen molar-refractivity contribution < 1.29 is 4.79 Å². The van der Waals surface area contributed by atoms with Crippen LogP contribution in [0.5, 0.6) is 0 Å². The lowest BCUT2D eigenvalue weighted by molar-refractivity contribution is 0.0779. The summed E-state index contributed by atoms with van der Waals surface area (Å²) in [5, 5.41) is 0. The maximum atomic E-state index is 12.2. The fourth-order valence-electron chi connectivity index (χ4n) is 2.09. The SMILES string of the molecule is CC1CN(C(=O)c2cc(NN)ccn2)CC1C. The highest BCUT2D eigenvalue weighted by atomic mass is 16.2. The van der Waals surface area contributed by atoms with E-state index < -0.39 is 0 Å². The number of anilines is 1. The van der Waals surface area contributed by atoms with Crippen molar-refractivity contribution >= 4 is 11.6 Å². The Hall–Kier alpha value is -1.62. The summed E-state index contributed by atoms with van der Waals surface area (Å²) in [5.41, 5.74) is 3.66. The number of hydrogen-bond acceptors (Lipinski definition) is 4. The summed E-state index contributed by atoms with van der Waals surface area (Å²) in [4.78, 5) is 18.2. The zero-order valence-corrected chi connectivity index (χ0v) is 10.2. The minimum Gasteiger partial charge on any atom is -0.337 e. The molecular formula is C12H18N4O. The lowest BCUT2D eigenvalue weighted by Gasteiger charge is -2.15. The van der Waals surface area contributed by atoms with Gasteiger partial charge in [-0.3, -0.25) is 15.6 Å². The van der Waals surface area contributed by atoms with Crippen LogP contribution in [-0.4, -0.2) is 28.9 Å². The largest absolute Gasteiger partial charge is 0.337 e. The van der Waals surface area contributed by atoms with Crippen LogP contribution in [0.25, 0.3) is 0 Å². The quantitative estimate of drug-likeness (QED) is 0.593. The van der Waals surface area contributed by atoms with E-state index >= 15 is 0 Å². The fraction of sp³-hybridized carbons (Fsp3) is 0.500. The third kappa shape index (κ3) is 2.39. The van der Waals surface area contributed by atoms with Gasteiger partial charge in [0, 0.05) is 19.3 Å². The van der Waals surface area contributed by atoms with Crippen molar-refractivity contribution in [2.24, 2.45) is 17.7 Å². The fourth-order valence-corrected chi connectivity index (χ4v) is 2.09. The molecule has 1 amide bonds. The van der Waals surface area contributed by atoms with Gasteiger partial charge >= 0.3 is 0 Å². The molecule has 1 fully saturated rings. The van der Waals surface area contributed by atoms with Crippen molar-refractivity contribution in [1.29, 1.82) is 0 Å². The molecule has 3 N–H and O–H groups in total. The molecular weight excluding hydrogens is 216 g/mol. The summed E-state index contributed by atoms with van der Waals surface area (Å²) in [6.07, 6.45) is 1.59. The second-order valence-electron chi connectivity index (χ2n) is 4.74. The van der Waals surface area contributed by atoms with Crippen LogP contribution in [0, 0.1) is 11.8 Å². The third-order valence-corrected chi connectivity index (χ3v) is 3.42. The molecule has 2 rings (SSSR count). The highest BCUT2D eigenvalue weighted by Crippen LogP contribution is 2.23.